The predicted octanol–water partition coefficient (Wildman–Crippen LogP) is 1.69. The summed E-state index contributed by atoms with van der Waals surface area (Å²) in [6.07, 6.45) is 6.69. The predicted molar refractivity (Wildman–Crippen MR) is 72.4 cm³/mol. The number of hydrogen-bond donors (Lipinski definition) is 1. The van der Waals surface area contributed by atoms with Crippen LogP contribution < -0.4 is 5.32 Å². The van der Waals surface area contributed by atoms with Crippen LogP contribution >= 0.6 is 0 Å². The molecule has 2 atom stereocenters. The Hall–Kier alpha value is -1.06. The van der Waals surface area contributed by atoms with Crippen molar-refractivity contribution in [1.29, 1.82) is 0 Å². The van der Waals surface area contributed by atoms with Gasteiger partial charge in [0, 0.05) is 6.04 Å². The molecule has 0 aromatic carbocycles. The van der Waals surface area contributed by atoms with E-state index in [1.807, 2.05) is 18.7 Å². The van der Waals surface area contributed by atoms with Crippen LogP contribution in [-0.2, 0) is 9.59 Å². The lowest BCUT2D eigenvalue weighted by molar-refractivity contribution is -0.154. The molecule has 0 aromatic heterocycles. The monoisotopic (exact) mass is 264 g/mol. The van der Waals surface area contributed by atoms with Crippen LogP contribution in [0.1, 0.15) is 52.4 Å². The first-order valence-corrected chi connectivity index (χ1v) is 7.72. The maximum absolute atomic E-state index is 12.8. The average molecular weight is 264 g/mol. The minimum atomic E-state index is -0.259. The summed E-state index contributed by atoms with van der Waals surface area (Å²) in [5.74, 6) is 0.837. The van der Waals surface area contributed by atoms with Gasteiger partial charge in [-0.1, -0.05) is 26.7 Å². The van der Waals surface area contributed by atoms with Crippen molar-refractivity contribution in [2.24, 2.45) is 11.8 Å². The van der Waals surface area contributed by atoms with Crippen molar-refractivity contribution in [2.75, 3.05) is 0 Å². The zero-order valence-electron chi connectivity index (χ0n) is 11.9. The Balaban J connectivity index is 1.87. The summed E-state index contributed by atoms with van der Waals surface area (Å²) in [6.45, 7) is 4.08. The highest BCUT2D eigenvalue weighted by Crippen LogP contribution is 2.38. The second-order valence-electron chi connectivity index (χ2n) is 6.70. The third-order valence-electron chi connectivity index (χ3n) is 4.83. The second-order valence-corrected chi connectivity index (χ2v) is 6.70. The Kier molecular flexibility index (Phi) is 3.27. The van der Waals surface area contributed by atoms with Crippen molar-refractivity contribution in [3.05, 3.63) is 0 Å². The van der Waals surface area contributed by atoms with Gasteiger partial charge in [0.05, 0.1) is 0 Å². The number of piperazine rings is 1. The normalized spacial score (nSPS) is 33.1. The summed E-state index contributed by atoms with van der Waals surface area (Å²) < 4.78 is 0. The molecule has 19 heavy (non-hydrogen) atoms. The molecule has 0 bridgehead atoms. The summed E-state index contributed by atoms with van der Waals surface area (Å²) in [5, 5.41) is 2.98. The van der Waals surface area contributed by atoms with E-state index in [2.05, 4.69) is 5.32 Å². The third-order valence-corrected chi connectivity index (χ3v) is 4.83. The highest BCUT2D eigenvalue weighted by Gasteiger charge is 2.49. The van der Waals surface area contributed by atoms with Crippen LogP contribution in [0.25, 0.3) is 0 Å². The van der Waals surface area contributed by atoms with Crippen molar-refractivity contribution in [1.82, 2.24) is 10.2 Å². The van der Waals surface area contributed by atoms with Gasteiger partial charge in [0.1, 0.15) is 12.1 Å². The zero-order chi connectivity index (χ0) is 13.6. The van der Waals surface area contributed by atoms with Gasteiger partial charge in [-0.25, -0.2) is 0 Å². The van der Waals surface area contributed by atoms with Crippen LogP contribution in [0.15, 0.2) is 0 Å². The number of rotatable bonds is 3. The molecule has 3 rings (SSSR count). The van der Waals surface area contributed by atoms with Gasteiger partial charge in [-0.05, 0) is 37.5 Å². The quantitative estimate of drug-likeness (QED) is 0.843. The number of carbonyl (C=O) groups excluding carboxylic acids is 2. The Morgan fingerprint density at radius 2 is 1.74 bits per heavy atom. The average Bonchev–Trinajstić information content (AvgIpc) is 3.06. The van der Waals surface area contributed by atoms with Gasteiger partial charge in [-0.2, -0.15) is 0 Å². The molecule has 4 heteroatoms. The first kappa shape index (κ1) is 12.9. The van der Waals surface area contributed by atoms with Crippen LogP contribution in [0.4, 0.5) is 0 Å². The number of amides is 2. The lowest BCUT2D eigenvalue weighted by atomic mass is 9.93. The molecule has 3 fully saturated rings. The minimum absolute atomic E-state index is 0.0680. The van der Waals surface area contributed by atoms with Crippen molar-refractivity contribution in [3.8, 4) is 0 Å². The van der Waals surface area contributed by atoms with Crippen LogP contribution in [0.5, 0.6) is 0 Å². The van der Waals surface area contributed by atoms with Crippen LogP contribution in [0.2, 0.25) is 0 Å². The van der Waals surface area contributed by atoms with Gasteiger partial charge in [0.25, 0.3) is 0 Å². The summed E-state index contributed by atoms with van der Waals surface area (Å²) in [4.78, 5) is 27.1. The largest absolute Gasteiger partial charge is 0.342 e. The molecule has 1 heterocycles. The van der Waals surface area contributed by atoms with E-state index >= 15 is 0 Å². The van der Waals surface area contributed by atoms with Crippen molar-refractivity contribution in [3.63, 3.8) is 0 Å². The maximum Gasteiger partial charge on any atom is 0.246 e. The van der Waals surface area contributed by atoms with Crippen LogP contribution in [-0.4, -0.2) is 34.8 Å². The van der Waals surface area contributed by atoms with Gasteiger partial charge in [0.2, 0.25) is 11.8 Å². The van der Waals surface area contributed by atoms with E-state index in [-0.39, 0.29) is 29.8 Å². The van der Waals surface area contributed by atoms with Gasteiger partial charge < -0.3 is 10.2 Å². The van der Waals surface area contributed by atoms with Crippen molar-refractivity contribution >= 4 is 11.8 Å². The van der Waals surface area contributed by atoms with Crippen molar-refractivity contribution in [2.45, 2.75) is 70.5 Å². The third kappa shape index (κ3) is 2.26. The van der Waals surface area contributed by atoms with Gasteiger partial charge >= 0.3 is 0 Å². The Labute approximate surface area is 114 Å². The molecule has 2 amide bonds. The Morgan fingerprint density at radius 1 is 1.11 bits per heavy atom. The second kappa shape index (κ2) is 4.80. The van der Waals surface area contributed by atoms with Gasteiger partial charge in [-0.3, -0.25) is 9.59 Å². The fourth-order valence-electron chi connectivity index (χ4n) is 3.69. The molecule has 2 aliphatic carbocycles. The number of carbonyl (C=O) groups is 2. The molecule has 0 aromatic rings. The molecule has 0 radical (unpaired) electrons. The molecule has 3 aliphatic rings. The number of hydrogen-bond acceptors (Lipinski definition) is 2. The molecule has 2 saturated carbocycles. The molecule has 106 valence electrons. The van der Waals surface area contributed by atoms with E-state index in [9.17, 15) is 9.59 Å². The fraction of sp³-hybridized carbons (Fsp3) is 0.867. The molecular weight excluding hydrogens is 240 g/mol. The SMILES string of the molecule is CC(C)C1C(=O)NC(C2CC2)C(=O)N1C1CCCC1. The molecule has 0 spiro atoms. The number of nitrogens with one attached hydrogen (secondary N) is 1. The van der Waals surface area contributed by atoms with Crippen LogP contribution in [0.3, 0.4) is 0 Å². The molecule has 1 saturated heterocycles. The van der Waals surface area contributed by atoms with E-state index in [0.29, 0.717) is 12.0 Å². The van der Waals surface area contributed by atoms with E-state index in [4.69, 9.17) is 0 Å². The standard InChI is InChI=1S/C15H24N2O2/c1-9(2)13-14(18)16-12(10-7-8-10)15(19)17(13)11-5-3-4-6-11/h9-13H,3-8H2,1-2H3,(H,16,18). The summed E-state index contributed by atoms with van der Waals surface area (Å²) in [5.41, 5.74) is 0. The topological polar surface area (TPSA) is 49.4 Å². The molecule has 1 aliphatic heterocycles. The summed E-state index contributed by atoms with van der Waals surface area (Å²) >= 11 is 0. The van der Waals surface area contributed by atoms with Gasteiger partial charge in [-0.15, -0.1) is 0 Å². The van der Waals surface area contributed by atoms with Crippen molar-refractivity contribution < 1.29 is 9.59 Å². The summed E-state index contributed by atoms with van der Waals surface area (Å²) in [6, 6.07) is -0.194. The maximum atomic E-state index is 12.8. The highest BCUT2D eigenvalue weighted by atomic mass is 16.2. The van der Waals surface area contributed by atoms with Gasteiger partial charge in [0.15, 0.2) is 0 Å². The Bertz CT molecular complexity index is 384. The minimum Gasteiger partial charge on any atom is -0.342 e. The van der Waals surface area contributed by atoms with E-state index in [0.717, 1.165) is 25.7 Å². The van der Waals surface area contributed by atoms with E-state index in [1.165, 1.54) is 12.8 Å². The summed E-state index contributed by atoms with van der Waals surface area (Å²) in [7, 11) is 0. The zero-order valence-corrected chi connectivity index (χ0v) is 11.9. The highest BCUT2D eigenvalue weighted by molar-refractivity contribution is 5.97. The lowest BCUT2D eigenvalue weighted by Crippen LogP contribution is -2.67. The fourth-order valence-corrected chi connectivity index (χ4v) is 3.69. The van der Waals surface area contributed by atoms with Crippen LogP contribution in [0, 0.1) is 11.8 Å². The Morgan fingerprint density at radius 3 is 2.26 bits per heavy atom. The number of nitrogens with zero attached hydrogens (tertiary/aromatic N) is 1. The molecular formula is C15H24N2O2. The first-order valence-electron chi connectivity index (χ1n) is 7.72. The van der Waals surface area contributed by atoms with E-state index in [1.54, 1.807) is 0 Å². The smallest absolute Gasteiger partial charge is 0.246 e. The first-order chi connectivity index (χ1) is 9.09. The molecule has 2 unspecified atom stereocenters. The molecule has 4 nitrogen and oxygen atoms in total. The lowest BCUT2D eigenvalue weighted by Gasteiger charge is -2.44. The van der Waals surface area contributed by atoms with E-state index < -0.39 is 0 Å². The molecule has 1 N–H and O–H groups in total.